The molecule has 0 unspecified atom stereocenters. The van der Waals surface area contributed by atoms with Crippen molar-refractivity contribution in [2.75, 3.05) is 37.0 Å². The van der Waals surface area contributed by atoms with Crippen LogP contribution in [0, 0.1) is 13.8 Å². The first-order chi connectivity index (χ1) is 14.8. The third kappa shape index (κ3) is 4.90. The number of hydrogen-bond acceptors (Lipinski definition) is 6. The number of aromatic nitrogens is 1. The number of nitrogens with one attached hydrogen (secondary N) is 2. The highest BCUT2D eigenvalue weighted by Gasteiger charge is 2.25. The Morgan fingerprint density at radius 3 is 2.45 bits per heavy atom. The summed E-state index contributed by atoms with van der Waals surface area (Å²) < 4.78 is 9.96. The number of aryl methyl sites for hydroxylation is 2. The summed E-state index contributed by atoms with van der Waals surface area (Å²) in [5, 5.41) is 2.79. The van der Waals surface area contributed by atoms with Gasteiger partial charge in [0, 0.05) is 30.2 Å². The van der Waals surface area contributed by atoms with Crippen LogP contribution in [-0.2, 0) is 20.7 Å². The molecule has 1 aliphatic rings. The molecule has 0 saturated carbocycles. The number of nitrogens with zero attached hydrogens (tertiary/aromatic N) is 1. The smallest absolute Gasteiger partial charge is 0.355 e. The Balaban J connectivity index is 1.61. The van der Waals surface area contributed by atoms with E-state index in [1.165, 1.54) is 20.0 Å². The molecule has 0 aliphatic carbocycles. The number of anilines is 2. The topological polar surface area (TPSA) is 101 Å². The van der Waals surface area contributed by atoms with Gasteiger partial charge in [0.05, 0.1) is 12.7 Å². The molecule has 0 radical (unpaired) electrons. The predicted octanol–water partition coefficient (Wildman–Crippen LogP) is 3.38. The van der Waals surface area contributed by atoms with Crippen molar-refractivity contribution in [3.8, 4) is 0 Å². The monoisotopic (exact) mass is 427 g/mol. The van der Waals surface area contributed by atoms with Crippen LogP contribution in [0.1, 0.15) is 57.4 Å². The molecule has 1 aliphatic heterocycles. The van der Waals surface area contributed by atoms with Gasteiger partial charge in [0.2, 0.25) is 0 Å². The van der Waals surface area contributed by atoms with Crippen LogP contribution in [0.3, 0.4) is 0 Å². The summed E-state index contributed by atoms with van der Waals surface area (Å²) in [5.74, 6) is -1.65. The second kappa shape index (κ2) is 9.68. The van der Waals surface area contributed by atoms with Gasteiger partial charge in [-0.15, -0.1) is 0 Å². The molecule has 1 fully saturated rings. The van der Waals surface area contributed by atoms with Crippen molar-refractivity contribution in [3.63, 3.8) is 0 Å². The van der Waals surface area contributed by atoms with Crippen molar-refractivity contribution in [3.05, 3.63) is 46.3 Å². The molecule has 166 valence electrons. The number of ether oxygens (including phenoxy) is 2. The number of hydrogen-bond donors (Lipinski definition) is 2. The van der Waals surface area contributed by atoms with E-state index in [1.54, 1.807) is 6.92 Å². The number of methoxy groups -OCH3 is 1. The average molecular weight is 428 g/mol. The summed E-state index contributed by atoms with van der Waals surface area (Å²) in [6, 6.07) is 5.91. The quantitative estimate of drug-likeness (QED) is 0.657. The first-order valence-corrected chi connectivity index (χ1v) is 10.5. The van der Waals surface area contributed by atoms with Crippen LogP contribution in [0.15, 0.2) is 18.2 Å². The number of amides is 1. The molecule has 1 aromatic heterocycles. The van der Waals surface area contributed by atoms with E-state index in [9.17, 15) is 14.4 Å². The highest BCUT2D eigenvalue weighted by Crippen LogP contribution is 2.25. The predicted molar refractivity (Wildman–Crippen MR) is 118 cm³/mol. The van der Waals surface area contributed by atoms with E-state index in [1.807, 2.05) is 26.0 Å². The van der Waals surface area contributed by atoms with Crippen molar-refractivity contribution >= 4 is 29.2 Å². The maximum atomic E-state index is 12.5. The van der Waals surface area contributed by atoms with Gasteiger partial charge in [-0.1, -0.05) is 6.92 Å². The lowest BCUT2D eigenvalue weighted by molar-refractivity contribution is -0.119. The van der Waals surface area contributed by atoms with Crippen LogP contribution in [0.25, 0.3) is 0 Å². The molecule has 8 heteroatoms. The fraction of sp³-hybridized carbons (Fsp3) is 0.435. The van der Waals surface area contributed by atoms with Gasteiger partial charge in [-0.3, -0.25) is 4.79 Å². The molecule has 0 bridgehead atoms. The zero-order valence-electron chi connectivity index (χ0n) is 18.5. The summed E-state index contributed by atoms with van der Waals surface area (Å²) in [7, 11) is 1.29. The lowest BCUT2D eigenvalue weighted by Crippen LogP contribution is -2.22. The van der Waals surface area contributed by atoms with E-state index in [-0.39, 0.29) is 5.69 Å². The second-order valence-electron chi connectivity index (χ2n) is 7.64. The Bertz CT molecular complexity index is 989. The molecule has 1 amide bonds. The Hall–Kier alpha value is -3.29. The molecule has 2 N–H and O–H groups in total. The second-order valence-corrected chi connectivity index (χ2v) is 7.64. The van der Waals surface area contributed by atoms with Gasteiger partial charge in [-0.05, 0) is 62.4 Å². The van der Waals surface area contributed by atoms with E-state index < -0.39 is 24.5 Å². The molecule has 31 heavy (non-hydrogen) atoms. The Morgan fingerprint density at radius 2 is 1.84 bits per heavy atom. The normalized spacial score (nSPS) is 13.2. The average Bonchev–Trinajstić information content (AvgIpc) is 3.41. The van der Waals surface area contributed by atoms with E-state index in [0.717, 1.165) is 24.3 Å². The minimum Gasteiger partial charge on any atom is -0.465 e. The van der Waals surface area contributed by atoms with Crippen LogP contribution in [0.2, 0.25) is 0 Å². The van der Waals surface area contributed by atoms with Crippen molar-refractivity contribution < 1.29 is 23.9 Å². The van der Waals surface area contributed by atoms with Crippen LogP contribution < -0.4 is 10.2 Å². The number of aromatic amines is 1. The lowest BCUT2D eigenvalue weighted by Gasteiger charge is -2.19. The number of H-pyrrole nitrogens is 1. The Labute approximate surface area is 181 Å². The SMILES string of the molecule is CCc1[nH]c(C(=O)OCC(=O)Nc2ccc(N3CCCC3)cc2C)c(C)c1C(=O)OC. The molecule has 0 spiro atoms. The summed E-state index contributed by atoms with van der Waals surface area (Å²) in [6.07, 6.45) is 2.92. The van der Waals surface area contributed by atoms with E-state index in [4.69, 9.17) is 9.47 Å². The van der Waals surface area contributed by atoms with Crippen molar-refractivity contribution in [1.82, 2.24) is 4.98 Å². The Morgan fingerprint density at radius 1 is 1.13 bits per heavy atom. The number of rotatable bonds is 7. The minimum atomic E-state index is -0.696. The maximum absolute atomic E-state index is 12.5. The van der Waals surface area contributed by atoms with Crippen molar-refractivity contribution in [1.29, 1.82) is 0 Å². The minimum absolute atomic E-state index is 0.149. The molecule has 8 nitrogen and oxygen atoms in total. The largest absolute Gasteiger partial charge is 0.465 e. The first kappa shape index (κ1) is 22.4. The van der Waals surface area contributed by atoms with E-state index in [2.05, 4.69) is 21.3 Å². The van der Waals surface area contributed by atoms with Gasteiger partial charge in [-0.25, -0.2) is 9.59 Å². The number of carbonyl (C=O) groups is 3. The summed E-state index contributed by atoms with van der Waals surface area (Å²) in [6.45, 7) is 7.11. The molecule has 2 heterocycles. The molecular formula is C23H29N3O5. The van der Waals surface area contributed by atoms with Gasteiger partial charge in [-0.2, -0.15) is 0 Å². The van der Waals surface area contributed by atoms with Gasteiger partial charge < -0.3 is 24.7 Å². The molecule has 1 aromatic carbocycles. The first-order valence-electron chi connectivity index (χ1n) is 10.5. The summed E-state index contributed by atoms with van der Waals surface area (Å²) >= 11 is 0. The molecule has 3 rings (SSSR count). The van der Waals surface area contributed by atoms with Crippen LogP contribution in [0.5, 0.6) is 0 Å². The van der Waals surface area contributed by atoms with Gasteiger partial charge in [0.15, 0.2) is 6.61 Å². The number of benzene rings is 1. The third-order valence-corrected chi connectivity index (χ3v) is 5.56. The van der Waals surface area contributed by atoms with Crippen LogP contribution in [-0.4, -0.2) is 49.6 Å². The fourth-order valence-corrected chi connectivity index (χ4v) is 3.86. The van der Waals surface area contributed by atoms with Gasteiger partial charge in [0.1, 0.15) is 5.69 Å². The summed E-state index contributed by atoms with van der Waals surface area (Å²) in [4.78, 5) is 42.1. The standard InChI is InChI=1S/C23H29N3O5/c1-5-17-20(22(28)30-4)15(3)21(25-17)23(29)31-13-19(27)24-18-9-8-16(12-14(18)2)26-10-6-7-11-26/h8-9,12,25H,5-7,10-11,13H2,1-4H3,(H,24,27). The zero-order chi connectivity index (χ0) is 22.5. The van der Waals surface area contributed by atoms with E-state index in [0.29, 0.717) is 28.9 Å². The molecule has 2 aromatic rings. The van der Waals surface area contributed by atoms with Crippen LogP contribution in [0.4, 0.5) is 11.4 Å². The van der Waals surface area contributed by atoms with Gasteiger partial charge >= 0.3 is 11.9 Å². The van der Waals surface area contributed by atoms with Crippen molar-refractivity contribution in [2.24, 2.45) is 0 Å². The molecular weight excluding hydrogens is 398 g/mol. The third-order valence-electron chi connectivity index (χ3n) is 5.56. The lowest BCUT2D eigenvalue weighted by atomic mass is 10.1. The summed E-state index contributed by atoms with van der Waals surface area (Å²) in [5.41, 5.74) is 4.29. The Kier molecular flexibility index (Phi) is 6.99. The fourth-order valence-electron chi connectivity index (χ4n) is 3.86. The highest BCUT2D eigenvalue weighted by molar-refractivity contribution is 6.00. The van der Waals surface area contributed by atoms with Gasteiger partial charge in [0.25, 0.3) is 5.91 Å². The maximum Gasteiger partial charge on any atom is 0.355 e. The van der Waals surface area contributed by atoms with Crippen molar-refractivity contribution in [2.45, 2.75) is 40.0 Å². The highest BCUT2D eigenvalue weighted by atomic mass is 16.5. The zero-order valence-corrected chi connectivity index (χ0v) is 18.5. The molecule has 0 atom stereocenters. The number of carbonyl (C=O) groups excluding carboxylic acids is 3. The van der Waals surface area contributed by atoms with Crippen LogP contribution >= 0.6 is 0 Å². The molecule has 1 saturated heterocycles. The number of esters is 2. The van der Waals surface area contributed by atoms with E-state index >= 15 is 0 Å².